The van der Waals surface area contributed by atoms with Gasteiger partial charge in [-0.3, -0.25) is 33.6 Å². The van der Waals surface area contributed by atoms with Crippen molar-refractivity contribution in [3.8, 4) is 5.75 Å². The Hall–Kier alpha value is -5.03. The predicted molar refractivity (Wildman–Crippen MR) is 215 cm³/mol. The molecule has 0 spiro atoms. The fourth-order valence-electron chi connectivity index (χ4n) is 5.98. The van der Waals surface area contributed by atoms with Crippen molar-refractivity contribution in [2.75, 3.05) is 18.8 Å². The third kappa shape index (κ3) is 15.6. The highest BCUT2D eigenvalue weighted by atomic mass is 32.1. The summed E-state index contributed by atoms with van der Waals surface area (Å²) in [5.74, 6) is -7.28. The molecule has 2 rings (SSSR count). The third-order valence-corrected chi connectivity index (χ3v) is 9.96. The van der Waals surface area contributed by atoms with Crippen molar-refractivity contribution in [3.63, 3.8) is 0 Å². The first-order chi connectivity index (χ1) is 27.7. The van der Waals surface area contributed by atoms with Gasteiger partial charge in [0, 0.05) is 18.7 Å². The molecule has 1 heterocycles. The van der Waals surface area contributed by atoms with Gasteiger partial charge in [-0.25, -0.2) is 4.79 Å². The summed E-state index contributed by atoms with van der Waals surface area (Å²) in [5, 5.41) is 54.1. The number of unbranched alkanes of at least 4 members (excludes halogenated alkanes) is 1. The minimum Gasteiger partial charge on any atom is -0.508 e. The quantitative estimate of drug-likeness (QED) is 0.0370. The fourth-order valence-corrected chi connectivity index (χ4v) is 6.24. The number of benzene rings is 1. The maximum absolute atomic E-state index is 13.7. The second kappa shape index (κ2) is 24.1. The number of thiol groups is 1. The van der Waals surface area contributed by atoms with E-state index in [1.54, 1.807) is 0 Å². The molecule has 1 fully saturated rings. The highest BCUT2D eigenvalue weighted by molar-refractivity contribution is 7.80. The minimum atomic E-state index is -1.57. The number of aliphatic hydroxyl groups is 2. The van der Waals surface area contributed by atoms with E-state index in [0.29, 0.717) is 31.4 Å². The van der Waals surface area contributed by atoms with E-state index in [2.05, 4.69) is 44.5 Å². The molecule has 1 aromatic carbocycles. The van der Waals surface area contributed by atoms with Crippen molar-refractivity contribution >= 4 is 59.9 Å². The molecule has 1 aromatic rings. The lowest BCUT2D eigenvalue weighted by atomic mass is 10.0. The lowest BCUT2D eigenvalue weighted by Gasteiger charge is -2.31. The Bertz CT molecular complexity index is 1630. The van der Waals surface area contributed by atoms with Crippen LogP contribution in [0, 0.1) is 0 Å². The van der Waals surface area contributed by atoms with Crippen LogP contribution in [0.5, 0.6) is 5.75 Å². The molecule has 10 atom stereocenters. The summed E-state index contributed by atoms with van der Waals surface area (Å²) >= 11 is 4.16. The molecule has 0 aromatic heterocycles. The van der Waals surface area contributed by atoms with Crippen LogP contribution in [0.4, 0.5) is 0 Å². The summed E-state index contributed by atoms with van der Waals surface area (Å²) in [4.78, 5) is 105. The van der Waals surface area contributed by atoms with Crippen molar-refractivity contribution in [3.05, 3.63) is 29.8 Å². The monoisotopic (exact) mass is 853 g/mol. The standard InChI is InChI=1S/C37H59N9O12S/c1-18(30(50)42-24(37(57)58)8-5-6-14-38)41-34(54)27-9-7-15-46(27)36(56)29(21(4)48)45-31(51)19(2)40-33(53)26(17-59)44-32(52)25(43-35(55)28(39)20(3)47)16-22-10-12-23(49)13-11-22/h10-13,18-21,24-29,47-49,59H,5-9,14-17,38-39H2,1-4H3,(H,40,53)(H,41,54)(H,42,50)(H,43,55)(H,44,52)(H,45,51)(H,57,58)/t18-,19-,20+,21+,24-,25-,26-,27-,28-,29-/m0/s1. The molecule has 0 radical (unpaired) electrons. The number of carboxylic acids is 1. The van der Waals surface area contributed by atoms with E-state index in [0.717, 1.165) is 4.90 Å². The summed E-state index contributed by atoms with van der Waals surface area (Å²) in [6.07, 6.45) is -1.09. The van der Waals surface area contributed by atoms with E-state index in [1.165, 1.54) is 52.0 Å². The van der Waals surface area contributed by atoms with E-state index >= 15 is 0 Å². The van der Waals surface area contributed by atoms with Gasteiger partial charge in [0.1, 0.15) is 54.1 Å². The van der Waals surface area contributed by atoms with Crippen LogP contribution >= 0.6 is 12.6 Å². The van der Waals surface area contributed by atoms with Gasteiger partial charge in [0.05, 0.1) is 12.2 Å². The number of carbonyl (C=O) groups excluding carboxylic acids is 7. The molecule has 1 aliphatic heterocycles. The summed E-state index contributed by atoms with van der Waals surface area (Å²) in [7, 11) is 0. The Kier molecular flexibility index (Phi) is 20.5. The highest BCUT2D eigenvalue weighted by Crippen LogP contribution is 2.20. The molecule has 1 aliphatic rings. The minimum absolute atomic E-state index is 0.0373. The van der Waals surface area contributed by atoms with Gasteiger partial charge in [-0.2, -0.15) is 12.6 Å². The van der Waals surface area contributed by atoms with Crippen LogP contribution in [-0.4, -0.2) is 152 Å². The van der Waals surface area contributed by atoms with Crippen LogP contribution in [0.3, 0.4) is 0 Å². The van der Waals surface area contributed by atoms with E-state index in [1.807, 2.05) is 0 Å². The van der Waals surface area contributed by atoms with Crippen LogP contribution < -0.4 is 43.4 Å². The second-order valence-electron chi connectivity index (χ2n) is 14.5. The maximum atomic E-state index is 13.7. The zero-order valence-corrected chi connectivity index (χ0v) is 34.4. The van der Waals surface area contributed by atoms with Crippen molar-refractivity contribution in [2.24, 2.45) is 11.5 Å². The van der Waals surface area contributed by atoms with Crippen LogP contribution in [0.1, 0.15) is 65.4 Å². The largest absolute Gasteiger partial charge is 0.508 e. The first-order valence-corrected chi connectivity index (χ1v) is 19.9. The molecular formula is C37H59N9O12S. The zero-order chi connectivity index (χ0) is 44.6. The molecule has 7 amide bonds. The molecule has 22 heteroatoms. The van der Waals surface area contributed by atoms with Gasteiger partial charge in [-0.05, 0) is 84.0 Å². The number of nitrogens with zero attached hydrogens (tertiary/aromatic N) is 1. The SMILES string of the molecule is C[C@H](NC(=O)[C@H](CS)NC(=O)[C@H](Cc1ccc(O)cc1)NC(=O)[C@@H](N)[C@@H](C)O)C(=O)N[C@H](C(=O)N1CCC[C@H]1C(=O)N[C@@H](C)C(=O)N[C@@H](CCCCN)C(=O)O)[C@@H](C)O. The van der Waals surface area contributed by atoms with Crippen molar-refractivity contribution in [1.29, 1.82) is 0 Å². The summed E-state index contributed by atoms with van der Waals surface area (Å²) in [5.41, 5.74) is 11.7. The van der Waals surface area contributed by atoms with Crippen LogP contribution in [0.25, 0.3) is 0 Å². The molecule has 21 nitrogen and oxygen atoms in total. The number of nitrogens with two attached hydrogens (primary N) is 2. The van der Waals surface area contributed by atoms with Gasteiger partial charge in [-0.1, -0.05) is 12.1 Å². The van der Waals surface area contributed by atoms with Crippen molar-refractivity contribution in [1.82, 2.24) is 36.8 Å². The summed E-state index contributed by atoms with van der Waals surface area (Å²) in [6, 6.07) is -4.62. The van der Waals surface area contributed by atoms with E-state index in [-0.39, 0.29) is 37.3 Å². The second-order valence-corrected chi connectivity index (χ2v) is 14.9. The summed E-state index contributed by atoms with van der Waals surface area (Å²) < 4.78 is 0. The molecule has 0 unspecified atom stereocenters. The van der Waals surface area contributed by atoms with Crippen LogP contribution in [0.2, 0.25) is 0 Å². The maximum Gasteiger partial charge on any atom is 0.326 e. The van der Waals surface area contributed by atoms with Gasteiger partial charge in [0.2, 0.25) is 41.4 Å². The Morgan fingerprint density at radius 1 is 0.763 bits per heavy atom. The third-order valence-electron chi connectivity index (χ3n) is 9.60. The lowest BCUT2D eigenvalue weighted by Crippen LogP contribution is -2.61. The lowest BCUT2D eigenvalue weighted by molar-refractivity contribution is -0.145. The molecule has 59 heavy (non-hydrogen) atoms. The average molecular weight is 854 g/mol. The Morgan fingerprint density at radius 2 is 1.32 bits per heavy atom. The fraction of sp³-hybridized carbons (Fsp3) is 0.622. The van der Waals surface area contributed by atoms with E-state index in [9.17, 15) is 58.8 Å². The topological polar surface area (TPSA) is 345 Å². The van der Waals surface area contributed by atoms with Gasteiger partial charge >= 0.3 is 5.97 Å². The number of amides is 7. The Morgan fingerprint density at radius 3 is 1.88 bits per heavy atom. The number of likely N-dealkylation sites (tertiary alicyclic amines) is 1. The molecular weight excluding hydrogens is 795 g/mol. The smallest absolute Gasteiger partial charge is 0.326 e. The van der Waals surface area contributed by atoms with Crippen molar-refractivity contribution in [2.45, 2.75) is 127 Å². The number of aliphatic carboxylic acids is 1. The summed E-state index contributed by atoms with van der Waals surface area (Å²) in [6.45, 7) is 5.60. The molecule has 14 N–H and O–H groups in total. The number of aliphatic hydroxyl groups excluding tert-OH is 2. The molecule has 1 saturated heterocycles. The van der Waals surface area contributed by atoms with Gasteiger partial charge < -0.3 is 68.7 Å². The molecule has 0 saturated carbocycles. The Balaban J connectivity index is 2.09. The Labute approximate surface area is 347 Å². The number of hydrogen-bond donors (Lipinski definition) is 13. The first-order valence-electron chi connectivity index (χ1n) is 19.3. The number of rotatable bonds is 23. The molecule has 0 aliphatic carbocycles. The molecule has 0 bridgehead atoms. The predicted octanol–water partition coefficient (Wildman–Crippen LogP) is -3.89. The number of phenols is 1. The zero-order valence-electron chi connectivity index (χ0n) is 33.6. The van der Waals surface area contributed by atoms with Gasteiger partial charge in [0.25, 0.3) is 0 Å². The highest BCUT2D eigenvalue weighted by Gasteiger charge is 2.41. The molecule has 330 valence electrons. The normalized spacial score (nSPS) is 18.3. The number of carbonyl (C=O) groups is 8. The van der Waals surface area contributed by atoms with Gasteiger partial charge in [0.15, 0.2) is 0 Å². The number of nitrogens with one attached hydrogen (secondary N) is 6. The first kappa shape index (κ1) is 50.1. The van der Waals surface area contributed by atoms with E-state index < -0.39 is 108 Å². The number of phenolic OH excluding ortho intramolecular Hbond substituents is 1. The number of carboxylic acid groups (broad SMARTS) is 1. The van der Waals surface area contributed by atoms with Gasteiger partial charge in [-0.15, -0.1) is 0 Å². The van der Waals surface area contributed by atoms with Crippen molar-refractivity contribution < 1.29 is 58.8 Å². The number of hydrogen-bond acceptors (Lipinski definition) is 14. The average Bonchev–Trinajstić information content (AvgIpc) is 3.68. The van der Waals surface area contributed by atoms with E-state index in [4.69, 9.17) is 11.5 Å². The van der Waals surface area contributed by atoms with Crippen LogP contribution in [0.15, 0.2) is 24.3 Å². The van der Waals surface area contributed by atoms with Crippen LogP contribution in [-0.2, 0) is 44.8 Å². The number of aromatic hydroxyl groups is 1.